The molecule has 0 radical (unpaired) electrons. The number of rotatable bonds is 28. The van der Waals surface area contributed by atoms with Gasteiger partial charge in [0.1, 0.15) is 6.04 Å². The number of nitrogens with one attached hydrogen (secondary N) is 6. The van der Waals surface area contributed by atoms with Gasteiger partial charge in [-0.3, -0.25) is 28.8 Å². The zero-order valence-corrected chi connectivity index (χ0v) is 35.2. The molecule has 0 spiro atoms. The van der Waals surface area contributed by atoms with Crippen LogP contribution >= 0.6 is 33.3 Å². The van der Waals surface area contributed by atoms with E-state index in [9.17, 15) is 33.6 Å². The smallest absolute Gasteiger partial charge is 0.315 e. The summed E-state index contributed by atoms with van der Waals surface area (Å²) in [4.78, 5) is 86.1. The van der Waals surface area contributed by atoms with Crippen molar-refractivity contribution in [2.24, 2.45) is 0 Å². The van der Waals surface area contributed by atoms with E-state index in [2.05, 4.69) is 31.9 Å². The summed E-state index contributed by atoms with van der Waals surface area (Å²) in [5, 5.41) is 26.7. The number of ketones is 1. The van der Waals surface area contributed by atoms with Gasteiger partial charge in [0.2, 0.25) is 17.7 Å². The van der Waals surface area contributed by atoms with Gasteiger partial charge in [0.15, 0.2) is 5.78 Å². The third kappa shape index (κ3) is 16.9. The van der Waals surface area contributed by atoms with Gasteiger partial charge in [-0.25, -0.2) is 4.79 Å². The average molecular weight is 857 g/mol. The van der Waals surface area contributed by atoms with E-state index >= 15 is 0 Å². The number of hydrogen-bond donors (Lipinski definition) is 7. The molecule has 0 aromatic heterocycles. The van der Waals surface area contributed by atoms with Gasteiger partial charge in [0.25, 0.3) is 5.91 Å². The SMILES string of the molecule is O=C(O)CCSSCCNC(=O)[C@@H](CCCCNC(=O)CCCCCNC(=O)CCCC[C@H]1SCC2NC(=O)NC21)NC(=O)c1ccc(C(=O)c2ccccc2)cc1. The number of benzene rings is 2. The lowest BCUT2D eigenvalue weighted by Gasteiger charge is -2.19. The number of carbonyl (C=O) groups is 7. The largest absolute Gasteiger partial charge is 0.481 e. The Bertz CT molecular complexity index is 1670. The third-order valence-corrected chi connectivity index (χ3v) is 13.7. The highest BCUT2D eigenvalue weighted by Gasteiger charge is 2.42. The van der Waals surface area contributed by atoms with E-state index in [1.54, 1.807) is 48.5 Å². The minimum atomic E-state index is -0.859. The lowest BCUT2D eigenvalue weighted by atomic mass is 10.0. The Labute approximate surface area is 352 Å². The quantitative estimate of drug-likeness (QED) is 0.0270. The van der Waals surface area contributed by atoms with E-state index in [4.69, 9.17) is 5.11 Å². The number of thioether (sulfide) groups is 1. The van der Waals surface area contributed by atoms with Gasteiger partial charge >= 0.3 is 12.0 Å². The van der Waals surface area contributed by atoms with E-state index in [1.165, 1.54) is 21.6 Å². The van der Waals surface area contributed by atoms with Crippen LogP contribution in [0.25, 0.3) is 0 Å². The molecule has 4 atom stereocenters. The van der Waals surface area contributed by atoms with Crippen LogP contribution < -0.4 is 31.9 Å². The number of carbonyl (C=O) groups excluding carboxylic acids is 6. The predicted molar refractivity (Wildman–Crippen MR) is 230 cm³/mol. The van der Waals surface area contributed by atoms with Crippen molar-refractivity contribution in [3.63, 3.8) is 0 Å². The Hall–Kier alpha value is -4.22. The molecule has 7 N–H and O–H groups in total. The van der Waals surface area contributed by atoms with Crippen LogP contribution in [0.3, 0.4) is 0 Å². The van der Waals surface area contributed by atoms with Crippen LogP contribution in [-0.2, 0) is 19.2 Å². The van der Waals surface area contributed by atoms with Gasteiger partial charge in [-0.2, -0.15) is 11.8 Å². The third-order valence-electron chi connectivity index (χ3n) is 9.76. The molecule has 17 heteroatoms. The Morgan fingerprint density at radius 1 is 0.707 bits per heavy atom. The monoisotopic (exact) mass is 856 g/mol. The highest BCUT2D eigenvalue weighted by Crippen LogP contribution is 2.33. The second-order valence-electron chi connectivity index (χ2n) is 14.3. The Balaban J connectivity index is 1.08. The molecular weight excluding hydrogens is 801 g/mol. The van der Waals surface area contributed by atoms with Gasteiger partial charge in [0, 0.05) is 71.7 Å². The molecule has 2 aromatic rings. The standard InChI is InChI=1S/C41H56N6O8S3/c48-34(15-5-2-9-22-42-35(49)16-7-6-14-33-37-32(27-56-33)46-41(55)47-37)43-23-10-8-13-31(40(54)44-24-26-58-57-25-21-36(50)51)45-39(53)30-19-17-29(18-20-30)38(52)28-11-3-1-4-12-28/h1,3-4,11-12,17-20,31-33,37H,2,5-10,13-16,21-27H2,(H,42,49)(H,43,48)(H,44,54)(H,45,53)(H,50,51)(H2,46,47,55)/t31-,32?,33-,37?/m1/s1. The number of carboxylic acid groups (broad SMARTS) is 1. The molecule has 2 unspecified atom stereocenters. The number of amides is 6. The molecule has 2 saturated heterocycles. The van der Waals surface area contributed by atoms with Crippen LogP contribution in [0.2, 0.25) is 0 Å². The normalized spacial score (nSPS) is 17.3. The maximum Gasteiger partial charge on any atom is 0.315 e. The predicted octanol–water partition coefficient (Wildman–Crippen LogP) is 4.68. The molecule has 0 saturated carbocycles. The molecule has 2 heterocycles. The lowest BCUT2D eigenvalue weighted by molar-refractivity contribution is -0.136. The summed E-state index contributed by atoms with van der Waals surface area (Å²) in [6, 6.07) is 14.6. The summed E-state index contributed by atoms with van der Waals surface area (Å²) in [5.74, 6) is 0.145. The number of fused-ring (bicyclic) bond motifs is 1. The molecule has 2 aliphatic heterocycles. The van der Waals surface area contributed by atoms with Gasteiger partial charge in [-0.05, 0) is 57.1 Å². The zero-order chi connectivity index (χ0) is 41.5. The molecule has 6 amide bonds. The molecule has 2 aromatic carbocycles. The zero-order valence-electron chi connectivity index (χ0n) is 32.8. The average Bonchev–Trinajstić information content (AvgIpc) is 3.78. The minimum absolute atomic E-state index is 0.0405. The highest BCUT2D eigenvalue weighted by atomic mass is 33.1. The number of hydrogen-bond acceptors (Lipinski definition) is 10. The first-order valence-electron chi connectivity index (χ1n) is 20.1. The fraction of sp³-hybridized carbons (Fsp3) is 0.537. The number of carboxylic acids is 1. The van der Waals surface area contributed by atoms with Crippen molar-refractivity contribution in [1.29, 1.82) is 0 Å². The number of unbranched alkanes of at least 4 members (excludes halogenated alkanes) is 4. The van der Waals surface area contributed by atoms with Crippen LogP contribution in [0.15, 0.2) is 54.6 Å². The summed E-state index contributed by atoms with van der Waals surface area (Å²) in [5.41, 5.74) is 1.29. The minimum Gasteiger partial charge on any atom is -0.481 e. The number of urea groups is 1. The summed E-state index contributed by atoms with van der Waals surface area (Å²) in [6.07, 6.45) is 7.52. The maximum absolute atomic E-state index is 13.2. The van der Waals surface area contributed by atoms with Gasteiger partial charge in [-0.1, -0.05) is 76.9 Å². The first kappa shape index (κ1) is 46.5. The van der Waals surface area contributed by atoms with Gasteiger partial charge in [-0.15, -0.1) is 0 Å². The number of aliphatic carboxylic acids is 1. The summed E-state index contributed by atoms with van der Waals surface area (Å²) < 4.78 is 0. The molecule has 4 rings (SSSR count). The molecule has 2 fully saturated rings. The van der Waals surface area contributed by atoms with Gasteiger partial charge < -0.3 is 37.0 Å². The van der Waals surface area contributed by atoms with E-state index in [0.29, 0.717) is 91.6 Å². The maximum atomic E-state index is 13.2. The molecule has 0 aliphatic carbocycles. The van der Waals surface area contributed by atoms with Crippen molar-refractivity contribution in [2.45, 2.75) is 100 Å². The van der Waals surface area contributed by atoms with Crippen LogP contribution in [0.1, 0.15) is 103 Å². The Morgan fingerprint density at radius 3 is 2.05 bits per heavy atom. The van der Waals surface area contributed by atoms with Crippen molar-refractivity contribution in [1.82, 2.24) is 31.9 Å². The molecule has 316 valence electrons. The molecule has 0 bridgehead atoms. The van der Waals surface area contributed by atoms with Crippen molar-refractivity contribution in [2.75, 3.05) is 36.9 Å². The van der Waals surface area contributed by atoms with E-state index in [0.717, 1.165) is 37.9 Å². The van der Waals surface area contributed by atoms with Gasteiger partial charge in [0.05, 0.1) is 18.5 Å². The fourth-order valence-electron chi connectivity index (χ4n) is 6.59. The summed E-state index contributed by atoms with van der Waals surface area (Å²) >= 11 is 1.88. The van der Waals surface area contributed by atoms with Crippen molar-refractivity contribution in [3.8, 4) is 0 Å². The Kier molecular flexibility index (Phi) is 20.8. The first-order valence-corrected chi connectivity index (χ1v) is 23.6. The van der Waals surface area contributed by atoms with Crippen molar-refractivity contribution in [3.05, 3.63) is 71.3 Å². The van der Waals surface area contributed by atoms with Crippen molar-refractivity contribution < 1.29 is 38.7 Å². The first-order chi connectivity index (χ1) is 28.1. The summed E-state index contributed by atoms with van der Waals surface area (Å²) in [7, 11) is 2.89. The van der Waals surface area contributed by atoms with Crippen LogP contribution in [0.5, 0.6) is 0 Å². The van der Waals surface area contributed by atoms with E-state index in [-0.39, 0.29) is 48.0 Å². The second kappa shape index (κ2) is 26.0. The van der Waals surface area contributed by atoms with Crippen LogP contribution in [0.4, 0.5) is 4.79 Å². The van der Waals surface area contributed by atoms with E-state index in [1.807, 2.05) is 17.8 Å². The Morgan fingerprint density at radius 2 is 1.34 bits per heavy atom. The molecule has 58 heavy (non-hydrogen) atoms. The van der Waals surface area contributed by atoms with Crippen LogP contribution in [0, 0.1) is 0 Å². The van der Waals surface area contributed by atoms with Crippen molar-refractivity contribution >= 4 is 74.8 Å². The van der Waals surface area contributed by atoms with E-state index < -0.39 is 17.9 Å². The molecule has 2 aliphatic rings. The molecular formula is C41H56N6O8S3. The lowest BCUT2D eigenvalue weighted by Crippen LogP contribution is -2.47. The summed E-state index contributed by atoms with van der Waals surface area (Å²) in [6.45, 7) is 1.36. The topological polar surface area (TPSA) is 212 Å². The molecule has 14 nitrogen and oxygen atoms in total. The second-order valence-corrected chi connectivity index (χ2v) is 18.2. The fourth-order valence-corrected chi connectivity index (χ4v) is 10.0. The highest BCUT2D eigenvalue weighted by molar-refractivity contribution is 8.76. The van der Waals surface area contributed by atoms with Crippen LogP contribution in [-0.4, -0.2) is 107 Å².